The second kappa shape index (κ2) is 6.40. The molecule has 1 N–H and O–H groups in total. The lowest BCUT2D eigenvalue weighted by Gasteiger charge is -2.17. The van der Waals surface area contributed by atoms with Gasteiger partial charge in [-0.05, 0) is 31.9 Å². The second-order valence-electron chi connectivity index (χ2n) is 4.56. The fourth-order valence-corrected chi connectivity index (χ4v) is 1.91. The van der Waals surface area contributed by atoms with E-state index in [9.17, 15) is 4.79 Å². The lowest BCUT2D eigenvalue weighted by atomic mass is 10.1. The van der Waals surface area contributed by atoms with Crippen LogP contribution in [0, 0.1) is 20.8 Å². The molecule has 4 nitrogen and oxygen atoms in total. The minimum atomic E-state index is -0.136. The number of aliphatic hydroxyl groups excluding tert-OH is 1. The number of nitrogens with zero attached hydrogens (tertiary/aromatic N) is 1. The largest absolute Gasteiger partial charge is 0.483 e. The summed E-state index contributed by atoms with van der Waals surface area (Å²) >= 11 is 0. The van der Waals surface area contributed by atoms with Crippen LogP contribution in [0.1, 0.15) is 16.7 Å². The third-order valence-electron chi connectivity index (χ3n) is 2.81. The van der Waals surface area contributed by atoms with Crippen molar-refractivity contribution in [2.24, 2.45) is 0 Å². The highest BCUT2D eigenvalue weighted by molar-refractivity contribution is 5.77. The quantitative estimate of drug-likeness (QED) is 0.861. The molecule has 0 atom stereocenters. The van der Waals surface area contributed by atoms with Gasteiger partial charge in [-0.3, -0.25) is 4.79 Å². The molecule has 0 heterocycles. The van der Waals surface area contributed by atoms with Gasteiger partial charge in [0.25, 0.3) is 5.91 Å². The average Bonchev–Trinajstić information content (AvgIpc) is 2.27. The van der Waals surface area contributed by atoms with Crippen LogP contribution in [0.5, 0.6) is 5.75 Å². The fourth-order valence-electron chi connectivity index (χ4n) is 1.91. The van der Waals surface area contributed by atoms with Gasteiger partial charge in [0.15, 0.2) is 6.61 Å². The van der Waals surface area contributed by atoms with E-state index in [0.717, 1.165) is 16.9 Å². The van der Waals surface area contributed by atoms with E-state index in [1.165, 1.54) is 10.5 Å². The zero-order chi connectivity index (χ0) is 13.7. The molecule has 1 aromatic carbocycles. The number of carbonyl (C=O) groups is 1. The van der Waals surface area contributed by atoms with Crippen LogP contribution < -0.4 is 4.74 Å². The van der Waals surface area contributed by atoms with Gasteiger partial charge in [-0.2, -0.15) is 0 Å². The number of aryl methyl sites for hydroxylation is 3. The number of likely N-dealkylation sites (N-methyl/N-ethyl adjacent to an activating group) is 1. The van der Waals surface area contributed by atoms with Gasteiger partial charge >= 0.3 is 0 Å². The van der Waals surface area contributed by atoms with Gasteiger partial charge in [-0.1, -0.05) is 17.7 Å². The van der Waals surface area contributed by atoms with Crippen molar-refractivity contribution in [3.63, 3.8) is 0 Å². The molecule has 0 aromatic heterocycles. The molecule has 0 aliphatic rings. The summed E-state index contributed by atoms with van der Waals surface area (Å²) in [4.78, 5) is 13.1. The van der Waals surface area contributed by atoms with E-state index < -0.39 is 0 Å². The van der Waals surface area contributed by atoms with E-state index in [-0.39, 0.29) is 19.1 Å². The molecule has 0 spiro atoms. The Morgan fingerprint density at radius 1 is 1.28 bits per heavy atom. The monoisotopic (exact) mass is 251 g/mol. The lowest BCUT2D eigenvalue weighted by Crippen LogP contribution is -2.33. The highest BCUT2D eigenvalue weighted by Crippen LogP contribution is 2.24. The second-order valence-corrected chi connectivity index (χ2v) is 4.56. The van der Waals surface area contributed by atoms with E-state index in [1.807, 2.05) is 32.9 Å². The standard InChI is InChI=1S/C14H21NO3/c1-10-7-11(2)14(12(3)8-10)18-9-13(17)15(4)5-6-16/h7-8,16H,5-6,9H2,1-4H3. The summed E-state index contributed by atoms with van der Waals surface area (Å²) in [6.45, 7) is 6.26. The van der Waals surface area contributed by atoms with Crippen LogP contribution in [0.25, 0.3) is 0 Å². The van der Waals surface area contributed by atoms with Crippen LogP contribution in [-0.4, -0.2) is 42.7 Å². The number of carbonyl (C=O) groups excluding carboxylic acids is 1. The highest BCUT2D eigenvalue weighted by Gasteiger charge is 2.11. The molecule has 1 amide bonds. The predicted molar refractivity (Wildman–Crippen MR) is 70.9 cm³/mol. The molecule has 0 saturated carbocycles. The summed E-state index contributed by atoms with van der Waals surface area (Å²) in [6.07, 6.45) is 0. The molecule has 0 radical (unpaired) electrons. The number of hydrogen-bond acceptors (Lipinski definition) is 3. The number of rotatable bonds is 5. The van der Waals surface area contributed by atoms with Crippen LogP contribution in [0.2, 0.25) is 0 Å². The first kappa shape index (κ1) is 14.5. The van der Waals surface area contributed by atoms with Gasteiger partial charge in [0.1, 0.15) is 5.75 Å². The van der Waals surface area contributed by atoms with Crippen molar-refractivity contribution in [1.82, 2.24) is 4.90 Å². The molecule has 0 saturated heterocycles. The third-order valence-corrected chi connectivity index (χ3v) is 2.81. The number of hydrogen-bond donors (Lipinski definition) is 1. The first-order chi connectivity index (χ1) is 8.45. The van der Waals surface area contributed by atoms with Crippen molar-refractivity contribution in [3.05, 3.63) is 28.8 Å². The van der Waals surface area contributed by atoms with Crippen LogP contribution in [0.15, 0.2) is 12.1 Å². The zero-order valence-electron chi connectivity index (χ0n) is 11.5. The normalized spacial score (nSPS) is 10.3. The summed E-state index contributed by atoms with van der Waals surface area (Å²) in [6, 6.07) is 4.06. The number of benzene rings is 1. The van der Waals surface area contributed by atoms with Gasteiger partial charge in [-0.25, -0.2) is 0 Å². The van der Waals surface area contributed by atoms with E-state index in [0.29, 0.717) is 6.54 Å². The van der Waals surface area contributed by atoms with E-state index >= 15 is 0 Å². The van der Waals surface area contributed by atoms with Crippen molar-refractivity contribution >= 4 is 5.91 Å². The molecule has 0 unspecified atom stereocenters. The highest BCUT2D eigenvalue weighted by atomic mass is 16.5. The topological polar surface area (TPSA) is 49.8 Å². The van der Waals surface area contributed by atoms with E-state index in [2.05, 4.69) is 0 Å². The summed E-state index contributed by atoms with van der Waals surface area (Å²) in [5.74, 6) is 0.634. The summed E-state index contributed by atoms with van der Waals surface area (Å²) in [5, 5.41) is 8.75. The molecule has 0 fully saturated rings. The summed E-state index contributed by atoms with van der Waals surface area (Å²) < 4.78 is 5.58. The van der Waals surface area contributed by atoms with Gasteiger partial charge in [0.05, 0.1) is 6.61 Å². The fraction of sp³-hybridized carbons (Fsp3) is 0.500. The van der Waals surface area contributed by atoms with Crippen LogP contribution in [0.3, 0.4) is 0 Å². The Balaban J connectivity index is 2.67. The SMILES string of the molecule is Cc1cc(C)c(OCC(=O)N(C)CCO)c(C)c1. The third kappa shape index (κ3) is 3.74. The Bertz CT molecular complexity index is 406. The Labute approximate surface area is 108 Å². The maximum Gasteiger partial charge on any atom is 0.260 e. The first-order valence-electron chi connectivity index (χ1n) is 6.01. The summed E-state index contributed by atoms with van der Waals surface area (Å²) in [5.41, 5.74) is 3.25. The maximum absolute atomic E-state index is 11.7. The van der Waals surface area contributed by atoms with Crippen LogP contribution in [-0.2, 0) is 4.79 Å². The zero-order valence-corrected chi connectivity index (χ0v) is 11.5. The average molecular weight is 251 g/mol. The molecule has 100 valence electrons. The smallest absolute Gasteiger partial charge is 0.260 e. The number of amides is 1. The van der Waals surface area contributed by atoms with Gasteiger partial charge < -0.3 is 14.7 Å². The van der Waals surface area contributed by atoms with Crippen molar-refractivity contribution < 1.29 is 14.6 Å². The molecule has 1 aromatic rings. The number of ether oxygens (including phenoxy) is 1. The molecule has 4 heteroatoms. The molecule has 1 rings (SSSR count). The van der Waals surface area contributed by atoms with E-state index in [4.69, 9.17) is 9.84 Å². The molecular weight excluding hydrogens is 230 g/mol. The van der Waals surface area contributed by atoms with Crippen molar-refractivity contribution in [3.8, 4) is 5.75 Å². The number of aliphatic hydroxyl groups is 1. The van der Waals surface area contributed by atoms with Crippen molar-refractivity contribution in [2.45, 2.75) is 20.8 Å². The molecule has 0 aliphatic heterocycles. The Morgan fingerprint density at radius 2 is 1.83 bits per heavy atom. The van der Waals surface area contributed by atoms with Gasteiger partial charge in [0.2, 0.25) is 0 Å². The van der Waals surface area contributed by atoms with Crippen LogP contribution >= 0.6 is 0 Å². The maximum atomic E-state index is 11.7. The molecular formula is C14H21NO3. The Morgan fingerprint density at radius 3 is 2.33 bits per heavy atom. The molecule has 18 heavy (non-hydrogen) atoms. The van der Waals surface area contributed by atoms with Crippen LogP contribution in [0.4, 0.5) is 0 Å². The van der Waals surface area contributed by atoms with E-state index in [1.54, 1.807) is 7.05 Å². The minimum Gasteiger partial charge on any atom is -0.483 e. The predicted octanol–water partition coefficient (Wildman–Crippen LogP) is 1.44. The summed E-state index contributed by atoms with van der Waals surface area (Å²) in [7, 11) is 1.65. The Hall–Kier alpha value is -1.55. The van der Waals surface area contributed by atoms with Gasteiger partial charge in [-0.15, -0.1) is 0 Å². The molecule has 0 aliphatic carbocycles. The van der Waals surface area contributed by atoms with Crippen molar-refractivity contribution in [1.29, 1.82) is 0 Å². The van der Waals surface area contributed by atoms with Gasteiger partial charge in [0, 0.05) is 13.6 Å². The Kier molecular flexibility index (Phi) is 5.16. The molecule has 0 bridgehead atoms. The van der Waals surface area contributed by atoms with Crippen molar-refractivity contribution in [2.75, 3.05) is 26.8 Å². The minimum absolute atomic E-state index is 0.00123. The first-order valence-corrected chi connectivity index (χ1v) is 6.01. The lowest BCUT2D eigenvalue weighted by molar-refractivity contribution is -0.132.